The molecule has 0 aliphatic carbocycles. The molecule has 0 amide bonds. The van der Waals surface area contributed by atoms with E-state index >= 15 is 0 Å². The van der Waals surface area contributed by atoms with Gasteiger partial charge in [0.25, 0.3) is 0 Å². The average Bonchev–Trinajstić information content (AvgIpc) is 2.99. The third kappa shape index (κ3) is 3.31. The number of carbonyl (C=O) groups is 1. The van der Waals surface area contributed by atoms with Gasteiger partial charge < -0.3 is 9.84 Å². The maximum Gasteiger partial charge on any atom is 0.325 e. The Morgan fingerprint density at radius 2 is 1.86 bits per heavy atom. The molecule has 2 unspecified atom stereocenters. The quantitative estimate of drug-likeness (QED) is 0.929. The summed E-state index contributed by atoms with van der Waals surface area (Å²) in [5.74, 6) is -0.0127. The van der Waals surface area contributed by atoms with Gasteiger partial charge in [0.15, 0.2) is 0 Å². The molecular formula is C17H22FNO3. The first-order valence-electron chi connectivity index (χ1n) is 7.95. The number of rotatable bonds is 4. The zero-order valence-corrected chi connectivity index (χ0v) is 12.6. The summed E-state index contributed by atoms with van der Waals surface area (Å²) in [6.45, 7) is 3.23. The van der Waals surface area contributed by atoms with E-state index in [9.17, 15) is 14.3 Å². The standard InChI is InChI=1S/C17H22FNO3/c18-15-3-1-13(2-4-15)16(17(20)21)19-8-5-14(11-19)12-6-9-22-10-7-12/h1-4,12,14,16H,5-11H2,(H,20,21). The van der Waals surface area contributed by atoms with Gasteiger partial charge in [0.1, 0.15) is 11.9 Å². The monoisotopic (exact) mass is 307 g/mol. The highest BCUT2D eigenvalue weighted by molar-refractivity contribution is 5.75. The number of halogens is 1. The zero-order chi connectivity index (χ0) is 15.5. The topological polar surface area (TPSA) is 49.8 Å². The fraction of sp³-hybridized carbons (Fsp3) is 0.588. The summed E-state index contributed by atoms with van der Waals surface area (Å²) in [7, 11) is 0. The van der Waals surface area contributed by atoms with Gasteiger partial charge in [0.05, 0.1) is 0 Å². The highest BCUT2D eigenvalue weighted by atomic mass is 19.1. The first-order chi connectivity index (χ1) is 10.6. The molecule has 4 nitrogen and oxygen atoms in total. The first-order valence-corrected chi connectivity index (χ1v) is 7.95. The smallest absolute Gasteiger partial charge is 0.325 e. The number of benzene rings is 1. The molecule has 1 aromatic carbocycles. The molecule has 0 aromatic heterocycles. The van der Waals surface area contributed by atoms with Crippen molar-refractivity contribution in [3.8, 4) is 0 Å². The van der Waals surface area contributed by atoms with Gasteiger partial charge in [-0.2, -0.15) is 0 Å². The number of carboxylic acid groups (broad SMARTS) is 1. The number of aliphatic carboxylic acids is 1. The van der Waals surface area contributed by atoms with Crippen molar-refractivity contribution < 1.29 is 19.0 Å². The van der Waals surface area contributed by atoms with E-state index in [1.165, 1.54) is 12.1 Å². The molecule has 22 heavy (non-hydrogen) atoms. The van der Waals surface area contributed by atoms with Crippen LogP contribution in [0.3, 0.4) is 0 Å². The molecule has 5 heteroatoms. The zero-order valence-electron chi connectivity index (χ0n) is 12.6. The number of hydrogen-bond donors (Lipinski definition) is 1. The Morgan fingerprint density at radius 3 is 2.50 bits per heavy atom. The third-order valence-electron chi connectivity index (χ3n) is 4.97. The first kappa shape index (κ1) is 15.4. The molecule has 3 rings (SSSR count). The molecular weight excluding hydrogens is 285 g/mol. The lowest BCUT2D eigenvalue weighted by molar-refractivity contribution is -0.143. The van der Waals surface area contributed by atoms with Gasteiger partial charge in [0.2, 0.25) is 0 Å². The largest absolute Gasteiger partial charge is 0.480 e. The van der Waals surface area contributed by atoms with Crippen molar-refractivity contribution in [1.29, 1.82) is 0 Å². The molecule has 0 radical (unpaired) electrons. The van der Waals surface area contributed by atoms with Crippen LogP contribution in [-0.2, 0) is 9.53 Å². The fourth-order valence-electron chi connectivity index (χ4n) is 3.78. The van der Waals surface area contributed by atoms with E-state index in [1.807, 2.05) is 4.90 Å². The van der Waals surface area contributed by atoms with Gasteiger partial charge in [-0.05, 0) is 55.3 Å². The Hall–Kier alpha value is -1.46. The third-order valence-corrected chi connectivity index (χ3v) is 4.97. The van der Waals surface area contributed by atoms with Crippen molar-refractivity contribution in [1.82, 2.24) is 4.90 Å². The predicted octanol–water partition coefficient (Wildman–Crippen LogP) is 2.70. The Kier molecular flexibility index (Phi) is 4.74. The molecule has 120 valence electrons. The SMILES string of the molecule is O=C(O)C(c1ccc(F)cc1)N1CCC(C2CCOCC2)C1. The van der Waals surface area contributed by atoms with Crippen molar-refractivity contribution in [2.24, 2.45) is 11.8 Å². The van der Waals surface area contributed by atoms with Crippen LogP contribution < -0.4 is 0 Å². The molecule has 2 fully saturated rings. The number of nitrogens with zero attached hydrogens (tertiary/aromatic N) is 1. The van der Waals surface area contributed by atoms with Crippen LogP contribution in [0.4, 0.5) is 4.39 Å². The number of carboxylic acids is 1. The maximum atomic E-state index is 13.1. The Labute approximate surface area is 129 Å². The fourth-order valence-corrected chi connectivity index (χ4v) is 3.78. The van der Waals surface area contributed by atoms with Crippen molar-refractivity contribution in [2.45, 2.75) is 25.3 Å². The van der Waals surface area contributed by atoms with Crippen LogP contribution in [0.1, 0.15) is 30.9 Å². The predicted molar refractivity (Wildman–Crippen MR) is 80.0 cm³/mol. The van der Waals surface area contributed by atoms with Crippen molar-refractivity contribution in [2.75, 3.05) is 26.3 Å². The highest BCUT2D eigenvalue weighted by Crippen LogP contribution is 2.35. The molecule has 2 atom stereocenters. The molecule has 2 aliphatic rings. The summed E-state index contributed by atoms with van der Waals surface area (Å²) in [6.07, 6.45) is 3.19. The molecule has 2 aliphatic heterocycles. The summed E-state index contributed by atoms with van der Waals surface area (Å²) in [5, 5.41) is 9.60. The lowest BCUT2D eigenvalue weighted by atomic mass is 9.85. The molecule has 1 aromatic rings. The van der Waals surface area contributed by atoms with Gasteiger partial charge in [-0.1, -0.05) is 12.1 Å². The van der Waals surface area contributed by atoms with Crippen LogP contribution in [0.15, 0.2) is 24.3 Å². The molecule has 0 saturated carbocycles. The van der Waals surface area contributed by atoms with Crippen LogP contribution in [0.25, 0.3) is 0 Å². The van der Waals surface area contributed by atoms with Crippen molar-refractivity contribution in [3.63, 3.8) is 0 Å². The number of likely N-dealkylation sites (tertiary alicyclic amines) is 1. The van der Waals surface area contributed by atoms with E-state index < -0.39 is 12.0 Å². The summed E-state index contributed by atoms with van der Waals surface area (Å²) in [4.78, 5) is 13.7. The molecule has 0 spiro atoms. The van der Waals surface area contributed by atoms with Crippen LogP contribution in [0, 0.1) is 17.7 Å². The Morgan fingerprint density at radius 1 is 1.18 bits per heavy atom. The van der Waals surface area contributed by atoms with E-state index in [4.69, 9.17) is 4.74 Å². The number of ether oxygens (including phenoxy) is 1. The Balaban J connectivity index is 1.70. The van der Waals surface area contributed by atoms with Gasteiger partial charge in [-0.25, -0.2) is 4.39 Å². The van der Waals surface area contributed by atoms with E-state index in [2.05, 4.69) is 0 Å². The molecule has 2 saturated heterocycles. The lowest BCUT2D eigenvalue weighted by Gasteiger charge is -2.29. The van der Waals surface area contributed by atoms with Crippen LogP contribution in [0.5, 0.6) is 0 Å². The van der Waals surface area contributed by atoms with Crippen molar-refractivity contribution in [3.05, 3.63) is 35.6 Å². The van der Waals surface area contributed by atoms with E-state index in [0.29, 0.717) is 17.4 Å². The second kappa shape index (κ2) is 6.75. The lowest BCUT2D eigenvalue weighted by Crippen LogP contribution is -2.33. The maximum absolute atomic E-state index is 13.1. The van der Waals surface area contributed by atoms with E-state index in [-0.39, 0.29) is 5.82 Å². The van der Waals surface area contributed by atoms with Crippen molar-refractivity contribution >= 4 is 5.97 Å². The van der Waals surface area contributed by atoms with Gasteiger partial charge in [-0.3, -0.25) is 9.69 Å². The minimum Gasteiger partial charge on any atom is -0.480 e. The molecule has 2 heterocycles. The minimum atomic E-state index is -0.862. The molecule has 0 bridgehead atoms. The molecule has 1 N–H and O–H groups in total. The van der Waals surface area contributed by atoms with Crippen LogP contribution in [-0.4, -0.2) is 42.3 Å². The normalized spacial score (nSPS) is 25.2. The summed E-state index contributed by atoms with van der Waals surface area (Å²) in [6, 6.07) is 5.14. The second-order valence-electron chi connectivity index (χ2n) is 6.29. The van der Waals surface area contributed by atoms with Gasteiger partial charge >= 0.3 is 5.97 Å². The van der Waals surface area contributed by atoms with Gasteiger partial charge in [0, 0.05) is 19.8 Å². The summed E-state index contributed by atoms with van der Waals surface area (Å²) in [5.41, 5.74) is 0.654. The average molecular weight is 307 g/mol. The summed E-state index contributed by atoms with van der Waals surface area (Å²) < 4.78 is 18.5. The minimum absolute atomic E-state index is 0.339. The highest BCUT2D eigenvalue weighted by Gasteiger charge is 2.36. The van der Waals surface area contributed by atoms with Crippen LogP contribution in [0.2, 0.25) is 0 Å². The van der Waals surface area contributed by atoms with Crippen LogP contribution >= 0.6 is 0 Å². The van der Waals surface area contributed by atoms with Gasteiger partial charge in [-0.15, -0.1) is 0 Å². The summed E-state index contributed by atoms with van der Waals surface area (Å²) >= 11 is 0. The number of hydrogen-bond acceptors (Lipinski definition) is 3. The second-order valence-corrected chi connectivity index (χ2v) is 6.29. The Bertz CT molecular complexity index is 513. The van der Waals surface area contributed by atoms with E-state index in [0.717, 1.165) is 45.6 Å². The van der Waals surface area contributed by atoms with E-state index in [1.54, 1.807) is 12.1 Å².